The molecule has 2 N–H and O–H groups in total. The third-order valence-corrected chi connectivity index (χ3v) is 3.25. The third kappa shape index (κ3) is 3.58. The first-order valence-corrected chi connectivity index (χ1v) is 6.68. The molecule has 106 valence electrons. The SMILES string of the molecule is Cc1cc(C)cc(C(N)COc2ccc(C)c(F)c2)c1. The maximum Gasteiger partial charge on any atom is 0.129 e. The minimum Gasteiger partial charge on any atom is -0.492 e. The summed E-state index contributed by atoms with van der Waals surface area (Å²) in [6.45, 7) is 6.13. The summed E-state index contributed by atoms with van der Waals surface area (Å²) in [5.74, 6) is 0.246. The lowest BCUT2D eigenvalue weighted by atomic mass is 10.0. The standard InChI is InChI=1S/C17H20FNO/c1-11-6-12(2)8-14(7-11)17(19)10-20-15-5-4-13(3)16(18)9-15/h4-9,17H,10,19H2,1-3H3. The Labute approximate surface area is 119 Å². The Kier molecular flexibility index (Phi) is 4.40. The van der Waals surface area contributed by atoms with E-state index in [2.05, 4.69) is 18.2 Å². The molecule has 0 amide bonds. The van der Waals surface area contributed by atoms with Crippen molar-refractivity contribution in [2.45, 2.75) is 26.8 Å². The van der Waals surface area contributed by atoms with Gasteiger partial charge in [-0.25, -0.2) is 4.39 Å². The second-order valence-electron chi connectivity index (χ2n) is 5.25. The average Bonchev–Trinajstić information content (AvgIpc) is 2.38. The molecule has 0 aliphatic carbocycles. The predicted octanol–water partition coefficient (Wildman–Crippen LogP) is 3.83. The van der Waals surface area contributed by atoms with Gasteiger partial charge in [0.25, 0.3) is 0 Å². The van der Waals surface area contributed by atoms with Crippen LogP contribution >= 0.6 is 0 Å². The number of aryl methyl sites for hydroxylation is 3. The molecule has 0 bridgehead atoms. The van der Waals surface area contributed by atoms with Gasteiger partial charge in [0.15, 0.2) is 0 Å². The summed E-state index contributed by atoms with van der Waals surface area (Å²) in [5.41, 5.74) is 10.1. The zero-order valence-corrected chi connectivity index (χ0v) is 12.1. The third-order valence-electron chi connectivity index (χ3n) is 3.25. The summed E-state index contributed by atoms with van der Waals surface area (Å²) in [7, 11) is 0. The topological polar surface area (TPSA) is 35.2 Å². The highest BCUT2D eigenvalue weighted by Gasteiger charge is 2.09. The Bertz CT molecular complexity index is 590. The van der Waals surface area contributed by atoms with Crippen LogP contribution in [0, 0.1) is 26.6 Å². The molecule has 2 nitrogen and oxygen atoms in total. The van der Waals surface area contributed by atoms with Gasteiger partial charge in [-0.05, 0) is 38.0 Å². The second kappa shape index (κ2) is 6.06. The van der Waals surface area contributed by atoms with Gasteiger partial charge in [-0.2, -0.15) is 0 Å². The van der Waals surface area contributed by atoms with E-state index < -0.39 is 0 Å². The fraction of sp³-hybridized carbons (Fsp3) is 0.294. The molecule has 3 heteroatoms. The molecule has 0 saturated carbocycles. The molecule has 2 rings (SSSR count). The van der Waals surface area contributed by atoms with Crippen LogP contribution in [-0.4, -0.2) is 6.61 Å². The minimum absolute atomic E-state index is 0.224. The highest BCUT2D eigenvalue weighted by Crippen LogP contribution is 2.19. The van der Waals surface area contributed by atoms with Gasteiger partial charge >= 0.3 is 0 Å². The lowest BCUT2D eigenvalue weighted by Gasteiger charge is -2.15. The number of hydrogen-bond acceptors (Lipinski definition) is 2. The van der Waals surface area contributed by atoms with Gasteiger partial charge in [-0.1, -0.05) is 35.4 Å². The Morgan fingerprint density at radius 2 is 1.70 bits per heavy atom. The maximum absolute atomic E-state index is 13.4. The molecular formula is C17H20FNO. The van der Waals surface area contributed by atoms with Crippen LogP contribution in [0.2, 0.25) is 0 Å². The van der Waals surface area contributed by atoms with E-state index in [0.29, 0.717) is 17.9 Å². The number of halogens is 1. The van der Waals surface area contributed by atoms with Crippen LogP contribution in [-0.2, 0) is 0 Å². The molecule has 1 unspecified atom stereocenters. The first-order valence-electron chi connectivity index (χ1n) is 6.68. The summed E-state index contributed by atoms with van der Waals surface area (Å²) >= 11 is 0. The van der Waals surface area contributed by atoms with Crippen LogP contribution in [0.25, 0.3) is 0 Å². The van der Waals surface area contributed by atoms with Gasteiger partial charge in [0.05, 0.1) is 6.04 Å². The molecule has 0 fully saturated rings. The summed E-state index contributed by atoms with van der Waals surface area (Å²) in [6, 6.07) is 10.8. The summed E-state index contributed by atoms with van der Waals surface area (Å²) in [6.07, 6.45) is 0. The van der Waals surface area contributed by atoms with E-state index in [4.69, 9.17) is 10.5 Å². The molecule has 2 aromatic carbocycles. The Hall–Kier alpha value is -1.87. The van der Waals surface area contributed by atoms with Crippen molar-refractivity contribution in [1.29, 1.82) is 0 Å². The van der Waals surface area contributed by atoms with E-state index >= 15 is 0 Å². The van der Waals surface area contributed by atoms with Crippen molar-refractivity contribution in [3.63, 3.8) is 0 Å². The van der Waals surface area contributed by atoms with E-state index in [1.807, 2.05) is 13.8 Å². The number of hydrogen-bond donors (Lipinski definition) is 1. The number of nitrogens with two attached hydrogens (primary N) is 1. The van der Waals surface area contributed by atoms with Crippen molar-refractivity contribution in [2.75, 3.05) is 6.61 Å². The van der Waals surface area contributed by atoms with E-state index in [9.17, 15) is 4.39 Å². The molecule has 0 heterocycles. The van der Waals surface area contributed by atoms with E-state index in [1.165, 1.54) is 17.2 Å². The van der Waals surface area contributed by atoms with E-state index in [-0.39, 0.29) is 11.9 Å². The Morgan fingerprint density at radius 3 is 2.30 bits per heavy atom. The normalized spacial score (nSPS) is 12.2. The average molecular weight is 273 g/mol. The molecule has 0 spiro atoms. The van der Waals surface area contributed by atoms with Crippen molar-refractivity contribution in [1.82, 2.24) is 0 Å². The first-order chi connectivity index (χ1) is 9.45. The molecule has 20 heavy (non-hydrogen) atoms. The van der Waals surface area contributed by atoms with Crippen LogP contribution in [0.4, 0.5) is 4.39 Å². The predicted molar refractivity (Wildman–Crippen MR) is 79.5 cm³/mol. The smallest absolute Gasteiger partial charge is 0.129 e. The van der Waals surface area contributed by atoms with Crippen LogP contribution in [0.15, 0.2) is 36.4 Å². The second-order valence-corrected chi connectivity index (χ2v) is 5.25. The molecular weight excluding hydrogens is 253 g/mol. The van der Waals surface area contributed by atoms with E-state index in [0.717, 1.165) is 5.56 Å². The van der Waals surface area contributed by atoms with Crippen LogP contribution in [0.3, 0.4) is 0 Å². The molecule has 0 aliphatic heterocycles. The largest absolute Gasteiger partial charge is 0.492 e. The quantitative estimate of drug-likeness (QED) is 0.918. The number of rotatable bonds is 4. The molecule has 0 radical (unpaired) electrons. The fourth-order valence-electron chi connectivity index (χ4n) is 2.17. The van der Waals surface area contributed by atoms with Crippen molar-refractivity contribution in [3.05, 3.63) is 64.5 Å². The van der Waals surface area contributed by atoms with Crippen molar-refractivity contribution in [2.24, 2.45) is 5.73 Å². The summed E-state index contributed by atoms with van der Waals surface area (Å²) in [5, 5.41) is 0. The van der Waals surface area contributed by atoms with Gasteiger partial charge in [0.1, 0.15) is 18.2 Å². The summed E-state index contributed by atoms with van der Waals surface area (Å²) < 4.78 is 19.0. The van der Waals surface area contributed by atoms with Crippen LogP contribution in [0.1, 0.15) is 28.3 Å². The van der Waals surface area contributed by atoms with Gasteiger partial charge in [-0.3, -0.25) is 0 Å². The summed E-state index contributed by atoms with van der Waals surface area (Å²) in [4.78, 5) is 0. The van der Waals surface area contributed by atoms with Gasteiger partial charge < -0.3 is 10.5 Å². The van der Waals surface area contributed by atoms with Gasteiger partial charge in [0.2, 0.25) is 0 Å². The first kappa shape index (κ1) is 14.5. The molecule has 1 atom stereocenters. The lowest BCUT2D eigenvalue weighted by molar-refractivity contribution is 0.289. The molecule has 2 aromatic rings. The Balaban J connectivity index is 2.04. The van der Waals surface area contributed by atoms with Crippen molar-refractivity contribution in [3.8, 4) is 5.75 Å². The highest BCUT2D eigenvalue weighted by atomic mass is 19.1. The maximum atomic E-state index is 13.4. The van der Waals surface area contributed by atoms with Crippen molar-refractivity contribution >= 4 is 0 Å². The zero-order valence-electron chi connectivity index (χ0n) is 12.1. The van der Waals surface area contributed by atoms with Gasteiger partial charge in [0, 0.05) is 6.07 Å². The Morgan fingerprint density at radius 1 is 1.05 bits per heavy atom. The lowest BCUT2D eigenvalue weighted by Crippen LogP contribution is -2.19. The monoisotopic (exact) mass is 273 g/mol. The molecule has 0 aromatic heterocycles. The fourth-order valence-corrected chi connectivity index (χ4v) is 2.17. The van der Waals surface area contributed by atoms with E-state index in [1.54, 1.807) is 19.1 Å². The number of ether oxygens (including phenoxy) is 1. The zero-order chi connectivity index (χ0) is 14.7. The molecule has 0 aliphatic rings. The number of benzene rings is 2. The van der Waals surface area contributed by atoms with Crippen LogP contribution in [0.5, 0.6) is 5.75 Å². The van der Waals surface area contributed by atoms with Crippen LogP contribution < -0.4 is 10.5 Å². The molecule has 0 saturated heterocycles. The minimum atomic E-state index is -0.262. The van der Waals surface area contributed by atoms with Gasteiger partial charge in [-0.15, -0.1) is 0 Å². The van der Waals surface area contributed by atoms with Crippen molar-refractivity contribution < 1.29 is 9.13 Å². The highest BCUT2D eigenvalue weighted by molar-refractivity contribution is 5.31.